The molecule has 3 nitrogen and oxygen atoms in total. The molecule has 1 aliphatic rings. The highest BCUT2D eigenvalue weighted by molar-refractivity contribution is 9.09. The number of hydrogen-bond donors (Lipinski definition) is 1. The van der Waals surface area contributed by atoms with Gasteiger partial charge in [-0.2, -0.15) is 0 Å². The minimum Gasteiger partial charge on any atom is -0.465 e. The Morgan fingerprint density at radius 3 is 2.70 bits per heavy atom. The third kappa shape index (κ3) is 1.32. The van der Waals surface area contributed by atoms with Crippen LogP contribution in [0.25, 0.3) is 0 Å². The van der Waals surface area contributed by atoms with Gasteiger partial charge < -0.3 is 9.84 Å². The highest BCUT2D eigenvalue weighted by Crippen LogP contribution is 2.30. The van der Waals surface area contributed by atoms with Crippen molar-refractivity contribution in [1.29, 1.82) is 0 Å². The van der Waals surface area contributed by atoms with Crippen LogP contribution in [0.4, 0.5) is 0 Å². The molecule has 0 amide bonds. The largest absolute Gasteiger partial charge is 0.465 e. The van der Waals surface area contributed by atoms with Gasteiger partial charge in [-0.25, -0.2) is 0 Å². The van der Waals surface area contributed by atoms with E-state index in [-0.39, 0.29) is 18.0 Å². The predicted molar refractivity (Wildman–Crippen MR) is 38.9 cm³/mol. The standard InChI is InChI=1S/C6H9BrO3/c7-2-6(3-8)1-5(9)10-4-6/h8H,1-4H2. The zero-order valence-electron chi connectivity index (χ0n) is 5.47. The van der Waals surface area contributed by atoms with Gasteiger partial charge in [0.1, 0.15) is 6.61 Å². The van der Waals surface area contributed by atoms with Crippen molar-refractivity contribution in [2.75, 3.05) is 18.5 Å². The Kier molecular flexibility index (Phi) is 2.31. The summed E-state index contributed by atoms with van der Waals surface area (Å²) < 4.78 is 4.72. The van der Waals surface area contributed by atoms with Gasteiger partial charge >= 0.3 is 5.97 Å². The van der Waals surface area contributed by atoms with Crippen molar-refractivity contribution in [1.82, 2.24) is 0 Å². The Morgan fingerprint density at radius 1 is 1.80 bits per heavy atom. The fourth-order valence-corrected chi connectivity index (χ4v) is 1.41. The van der Waals surface area contributed by atoms with Gasteiger partial charge in [0.05, 0.1) is 13.0 Å². The molecule has 1 atom stereocenters. The number of hydrogen-bond acceptors (Lipinski definition) is 3. The molecule has 0 radical (unpaired) electrons. The normalized spacial score (nSPS) is 32.4. The molecular weight excluding hydrogens is 200 g/mol. The highest BCUT2D eigenvalue weighted by Gasteiger charge is 2.38. The quantitative estimate of drug-likeness (QED) is 0.525. The summed E-state index contributed by atoms with van der Waals surface area (Å²) in [5.41, 5.74) is -0.350. The van der Waals surface area contributed by atoms with Crippen molar-refractivity contribution in [2.24, 2.45) is 5.41 Å². The summed E-state index contributed by atoms with van der Waals surface area (Å²) in [5.74, 6) is -0.214. The summed E-state index contributed by atoms with van der Waals surface area (Å²) in [4.78, 5) is 10.6. The van der Waals surface area contributed by atoms with Gasteiger partial charge in [0.15, 0.2) is 0 Å². The zero-order chi connectivity index (χ0) is 7.61. The van der Waals surface area contributed by atoms with Gasteiger partial charge in [-0.1, -0.05) is 15.9 Å². The lowest BCUT2D eigenvalue weighted by atomic mass is 9.91. The maximum atomic E-state index is 10.6. The van der Waals surface area contributed by atoms with E-state index < -0.39 is 0 Å². The van der Waals surface area contributed by atoms with Gasteiger partial charge in [-0.3, -0.25) is 4.79 Å². The highest BCUT2D eigenvalue weighted by atomic mass is 79.9. The lowest BCUT2D eigenvalue weighted by molar-refractivity contribution is -0.137. The number of aliphatic hydroxyl groups excluding tert-OH is 1. The van der Waals surface area contributed by atoms with E-state index in [1.807, 2.05) is 0 Å². The molecule has 1 unspecified atom stereocenters. The Labute approximate surface area is 67.5 Å². The summed E-state index contributed by atoms with van der Waals surface area (Å²) in [6.07, 6.45) is 0.328. The first-order chi connectivity index (χ1) is 4.72. The van der Waals surface area contributed by atoms with E-state index in [4.69, 9.17) is 9.84 Å². The van der Waals surface area contributed by atoms with Crippen LogP contribution in [-0.4, -0.2) is 29.6 Å². The van der Waals surface area contributed by atoms with Crippen LogP contribution in [0.1, 0.15) is 6.42 Å². The number of cyclic esters (lactones) is 1. The van der Waals surface area contributed by atoms with Crippen molar-refractivity contribution in [3.05, 3.63) is 0 Å². The number of carbonyl (C=O) groups is 1. The van der Waals surface area contributed by atoms with E-state index in [0.717, 1.165) is 0 Å². The average molecular weight is 209 g/mol. The number of esters is 1. The van der Waals surface area contributed by atoms with Crippen LogP contribution in [0.5, 0.6) is 0 Å². The van der Waals surface area contributed by atoms with Crippen molar-refractivity contribution in [3.8, 4) is 0 Å². The van der Waals surface area contributed by atoms with Crippen LogP contribution in [0.2, 0.25) is 0 Å². The Hall–Kier alpha value is -0.0900. The van der Waals surface area contributed by atoms with E-state index in [2.05, 4.69) is 15.9 Å². The molecule has 0 spiro atoms. The molecular formula is C6H9BrO3. The van der Waals surface area contributed by atoms with Crippen LogP contribution in [-0.2, 0) is 9.53 Å². The van der Waals surface area contributed by atoms with Crippen LogP contribution >= 0.6 is 15.9 Å². The molecule has 0 bridgehead atoms. The van der Waals surface area contributed by atoms with Gasteiger partial charge in [-0.05, 0) is 0 Å². The first-order valence-electron chi connectivity index (χ1n) is 3.05. The predicted octanol–water partition coefficient (Wildman–Crippen LogP) is 0.307. The molecule has 4 heteroatoms. The molecule has 0 aromatic heterocycles. The van der Waals surface area contributed by atoms with E-state index >= 15 is 0 Å². The topological polar surface area (TPSA) is 46.5 Å². The minimum atomic E-state index is -0.350. The SMILES string of the molecule is O=C1CC(CO)(CBr)CO1. The molecule has 1 N–H and O–H groups in total. The summed E-state index contributed by atoms with van der Waals surface area (Å²) in [6, 6.07) is 0. The molecule has 0 aromatic rings. The summed E-state index contributed by atoms with van der Waals surface area (Å²) in [5, 5.41) is 9.49. The van der Waals surface area contributed by atoms with Crippen molar-refractivity contribution >= 4 is 21.9 Å². The molecule has 1 aliphatic heterocycles. The van der Waals surface area contributed by atoms with Crippen LogP contribution in [0.15, 0.2) is 0 Å². The lowest BCUT2D eigenvalue weighted by Gasteiger charge is -2.18. The molecule has 0 aromatic carbocycles. The molecule has 1 saturated heterocycles. The van der Waals surface area contributed by atoms with Crippen molar-refractivity contribution in [2.45, 2.75) is 6.42 Å². The smallest absolute Gasteiger partial charge is 0.306 e. The maximum Gasteiger partial charge on any atom is 0.306 e. The molecule has 1 rings (SSSR count). The van der Waals surface area contributed by atoms with E-state index in [9.17, 15) is 4.79 Å². The van der Waals surface area contributed by atoms with Gasteiger partial charge in [0.2, 0.25) is 0 Å². The summed E-state index contributed by atoms with van der Waals surface area (Å²) in [7, 11) is 0. The molecule has 10 heavy (non-hydrogen) atoms. The Morgan fingerprint density at radius 2 is 2.50 bits per heavy atom. The second kappa shape index (κ2) is 2.88. The lowest BCUT2D eigenvalue weighted by Crippen LogP contribution is -2.27. The molecule has 0 saturated carbocycles. The second-order valence-electron chi connectivity index (χ2n) is 2.63. The number of ether oxygens (including phenoxy) is 1. The molecule has 58 valence electrons. The first kappa shape index (κ1) is 8.01. The van der Waals surface area contributed by atoms with Gasteiger partial charge in [0, 0.05) is 10.7 Å². The van der Waals surface area contributed by atoms with Crippen molar-refractivity contribution in [3.63, 3.8) is 0 Å². The van der Waals surface area contributed by atoms with Crippen LogP contribution < -0.4 is 0 Å². The fraction of sp³-hybridized carbons (Fsp3) is 0.833. The minimum absolute atomic E-state index is 0.00396. The number of carbonyl (C=O) groups excluding carboxylic acids is 1. The average Bonchev–Trinajstić information content (AvgIpc) is 2.33. The van der Waals surface area contributed by atoms with Gasteiger partial charge in [0.25, 0.3) is 0 Å². The third-order valence-corrected chi connectivity index (χ3v) is 2.87. The maximum absolute atomic E-state index is 10.6. The number of halogens is 1. The zero-order valence-corrected chi connectivity index (χ0v) is 7.06. The fourth-order valence-electron chi connectivity index (χ4n) is 0.871. The van der Waals surface area contributed by atoms with Crippen molar-refractivity contribution < 1.29 is 14.6 Å². The summed E-state index contributed by atoms with van der Waals surface area (Å²) in [6.45, 7) is 0.345. The van der Waals surface area contributed by atoms with Crippen LogP contribution in [0, 0.1) is 5.41 Å². The Balaban J connectivity index is 2.59. The molecule has 0 aliphatic carbocycles. The first-order valence-corrected chi connectivity index (χ1v) is 4.17. The second-order valence-corrected chi connectivity index (χ2v) is 3.19. The van der Waals surface area contributed by atoms with E-state index in [1.54, 1.807) is 0 Å². The summed E-state index contributed by atoms with van der Waals surface area (Å²) >= 11 is 3.23. The van der Waals surface area contributed by atoms with E-state index in [1.165, 1.54) is 0 Å². The van der Waals surface area contributed by atoms with Gasteiger partial charge in [-0.15, -0.1) is 0 Å². The number of alkyl halides is 1. The van der Waals surface area contributed by atoms with Crippen LogP contribution in [0.3, 0.4) is 0 Å². The van der Waals surface area contributed by atoms with E-state index in [0.29, 0.717) is 18.4 Å². The number of aliphatic hydroxyl groups is 1. The molecule has 1 heterocycles. The Bertz CT molecular complexity index is 142. The third-order valence-electron chi connectivity index (χ3n) is 1.68. The number of rotatable bonds is 2. The molecule has 1 fully saturated rings. The monoisotopic (exact) mass is 208 g/mol.